The van der Waals surface area contributed by atoms with Crippen LogP contribution in [0.3, 0.4) is 0 Å². The number of rotatable bonds is 4. The number of hydrogen-bond donors (Lipinski definition) is 1. The lowest BCUT2D eigenvalue weighted by Crippen LogP contribution is -2.10. The van der Waals surface area contributed by atoms with Crippen LogP contribution in [0.25, 0.3) is 0 Å². The molecule has 0 radical (unpaired) electrons. The van der Waals surface area contributed by atoms with Gasteiger partial charge in [-0.3, -0.25) is 0 Å². The Labute approximate surface area is 88.7 Å². The zero-order valence-electron chi connectivity index (χ0n) is 8.18. The van der Waals surface area contributed by atoms with Crippen molar-refractivity contribution in [1.82, 2.24) is 5.32 Å². The molecule has 0 aliphatic heterocycles. The zero-order valence-corrected chi connectivity index (χ0v) is 9.76. The second-order valence-corrected chi connectivity index (χ2v) is 4.26. The van der Waals surface area contributed by atoms with Crippen molar-refractivity contribution in [3.63, 3.8) is 0 Å². The highest BCUT2D eigenvalue weighted by Gasteiger charge is 2.03. The molecule has 0 saturated carbocycles. The average Bonchev–Trinajstić information content (AvgIpc) is 2.15. The number of nitrogens with one attached hydrogen (secondary N) is 1. The Morgan fingerprint density at radius 1 is 1.31 bits per heavy atom. The van der Waals surface area contributed by atoms with Gasteiger partial charge in [-0.25, -0.2) is 0 Å². The number of hydrogen-bond acceptors (Lipinski definition) is 1. The van der Waals surface area contributed by atoms with Gasteiger partial charge in [-0.05, 0) is 43.6 Å². The van der Waals surface area contributed by atoms with Gasteiger partial charge in [0.05, 0.1) is 0 Å². The maximum absolute atomic E-state index is 3.43. The van der Waals surface area contributed by atoms with Crippen molar-refractivity contribution in [3.8, 4) is 0 Å². The lowest BCUT2D eigenvalue weighted by atomic mass is 9.98. The van der Waals surface area contributed by atoms with Crippen LogP contribution in [-0.4, -0.2) is 13.6 Å². The summed E-state index contributed by atoms with van der Waals surface area (Å²) in [5.74, 6) is 0.639. The van der Waals surface area contributed by atoms with Crippen molar-refractivity contribution < 1.29 is 0 Å². The van der Waals surface area contributed by atoms with Gasteiger partial charge in [0.25, 0.3) is 0 Å². The van der Waals surface area contributed by atoms with Crippen molar-refractivity contribution in [2.24, 2.45) is 0 Å². The lowest BCUT2D eigenvalue weighted by molar-refractivity contribution is 0.636. The molecule has 0 aromatic heterocycles. The van der Waals surface area contributed by atoms with E-state index < -0.39 is 0 Å². The second-order valence-electron chi connectivity index (χ2n) is 3.34. The molecule has 72 valence electrons. The van der Waals surface area contributed by atoms with Crippen LogP contribution in [0.5, 0.6) is 0 Å². The Morgan fingerprint density at radius 2 is 1.92 bits per heavy atom. The number of halogens is 1. The summed E-state index contributed by atoms with van der Waals surface area (Å²) in [6.45, 7) is 3.35. The van der Waals surface area contributed by atoms with Gasteiger partial charge in [0.1, 0.15) is 0 Å². The van der Waals surface area contributed by atoms with E-state index in [-0.39, 0.29) is 0 Å². The minimum absolute atomic E-state index is 0.639. The van der Waals surface area contributed by atoms with Crippen LogP contribution in [0.15, 0.2) is 28.7 Å². The highest BCUT2D eigenvalue weighted by Crippen LogP contribution is 2.20. The first kappa shape index (κ1) is 10.7. The van der Waals surface area contributed by atoms with E-state index in [1.165, 1.54) is 12.0 Å². The quantitative estimate of drug-likeness (QED) is 0.855. The van der Waals surface area contributed by atoms with Gasteiger partial charge < -0.3 is 5.32 Å². The summed E-state index contributed by atoms with van der Waals surface area (Å²) >= 11 is 3.43. The first-order chi connectivity index (χ1) is 6.24. The standard InChI is InChI=1S/C11H16BrN/c1-9(7-8-13-2)10-3-5-11(12)6-4-10/h3-6,9,13H,7-8H2,1-2H3. The molecule has 0 fully saturated rings. The molecule has 0 spiro atoms. The van der Waals surface area contributed by atoms with Gasteiger partial charge >= 0.3 is 0 Å². The third-order valence-corrected chi connectivity index (χ3v) is 2.80. The Bertz CT molecular complexity index is 243. The number of benzene rings is 1. The fourth-order valence-electron chi connectivity index (χ4n) is 1.32. The fourth-order valence-corrected chi connectivity index (χ4v) is 1.58. The normalized spacial score (nSPS) is 12.8. The summed E-state index contributed by atoms with van der Waals surface area (Å²) in [4.78, 5) is 0. The summed E-state index contributed by atoms with van der Waals surface area (Å²) in [5.41, 5.74) is 1.42. The van der Waals surface area contributed by atoms with E-state index in [9.17, 15) is 0 Å². The second kappa shape index (κ2) is 5.40. The maximum atomic E-state index is 3.43. The van der Waals surface area contributed by atoms with Crippen molar-refractivity contribution in [1.29, 1.82) is 0 Å². The van der Waals surface area contributed by atoms with E-state index in [0.29, 0.717) is 5.92 Å². The van der Waals surface area contributed by atoms with E-state index >= 15 is 0 Å². The van der Waals surface area contributed by atoms with Crippen LogP contribution >= 0.6 is 15.9 Å². The predicted octanol–water partition coefficient (Wildman–Crippen LogP) is 3.16. The van der Waals surface area contributed by atoms with Crippen LogP contribution in [0.4, 0.5) is 0 Å². The van der Waals surface area contributed by atoms with Crippen LogP contribution in [0, 0.1) is 0 Å². The van der Waals surface area contributed by atoms with Crippen molar-refractivity contribution in [2.75, 3.05) is 13.6 Å². The summed E-state index contributed by atoms with van der Waals surface area (Å²) in [6.07, 6.45) is 1.19. The maximum Gasteiger partial charge on any atom is 0.0175 e. The molecule has 0 amide bonds. The Morgan fingerprint density at radius 3 is 2.46 bits per heavy atom. The predicted molar refractivity (Wildman–Crippen MR) is 61.1 cm³/mol. The first-order valence-electron chi connectivity index (χ1n) is 4.64. The Kier molecular flexibility index (Phi) is 4.46. The molecule has 13 heavy (non-hydrogen) atoms. The third kappa shape index (κ3) is 3.49. The van der Waals surface area contributed by atoms with Crippen molar-refractivity contribution in [3.05, 3.63) is 34.3 Å². The van der Waals surface area contributed by atoms with Crippen LogP contribution in [0.2, 0.25) is 0 Å². The van der Waals surface area contributed by atoms with E-state index in [2.05, 4.69) is 52.4 Å². The van der Waals surface area contributed by atoms with Gasteiger partial charge in [-0.15, -0.1) is 0 Å². The smallest absolute Gasteiger partial charge is 0.0175 e. The molecule has 0 heterocycles. The summed E-state index contributed by atoms with van der Waals surface area (Å²) < 4.78 is 1.15. The molecule has 0 aliphatic rings. The molecule has 1 nitrogen and oxygen atoms in total. The molecular formula is C11H16BrN. The minimum atomic E-state index is 0.639. The Balaban J connectivity index is 2.55. The van der Waals surface area contributed by atoms with Gasteiger partial charge in [0.15, 0.2) is 0 Å². The molecule has 1 aromatic rings. The monoisotopic (exact) mass is 241 g/mol. The first-order valence-corrected chi connectivity index (χ1v) is 5.43. The topological polar surface area (TPSA) is 12.0 Å². The molecule has 1 atom stereocenters. The fraction of sp³-hybridized carbons (Fsp3) is 0.455. The SMILES string of the molecule is CNCCC(C)c1ccc(Br)cc1. The molecule has 1 N–H and O–H groups in total. The van der Waals surface area contributed by atoms with Gasteiger partial charge in [-0.1, -0.05) is 35.0 Å². The highest BCUT2D eigenvalue weighted by molar-refractivity contribution is 9.10. The van der Waals surface area contributed by atoms with E-state index in [4.69, 9.17) is 0 Å². The molecule has 0 aliphatic carbocycles. The molecular weight excluding hydrogens is 226 g/mol. The van der Waals surface area contributed by atoms with Crippen molar-refractivity contribution in [2.45, 2.75) is 19.3 Å². The lowest BCUT2D eigenvalue weighted by Gasteiger charge is -2.11. The van der Waals surface area contributed by atoms with E-state index in [1.807, 2.05) is 7.05 Å². The van der Waals surface area contributed by atoms with E-state index in [1.54, 1.807) is 0 Å². The van der Waals surface area contributed by atoms with E-state index in [0.717, 1.165) is 11.0 Å². The van der Waals surface area contributed by atoms with Crippen LogP contribution in [0.1, 0.15) is 24.8 Å². The molecule has 1 rings (SSSR count). The molecule has 1 aromatic carbocycles. The largest absolute Gasteiger partial charge is 0.320 e. The minimum Gasteiger partial charge on any atom is -0.320 e. The van der Waals surface area contributed by atoms with Crippen LogP contribution < -0.4 is 5.32 Å². The summed E-state index contributed by atoms with van der Waals surface area (Å²) in [5, 5.41) is 3.17. The zero-order chi connectivity index (χ0) is 9.68. The van der Waals surface area contributed by atoms with Crippen LogP contribution in [-0.2, 0) is 0 Å². The third-order valence-electron chi connectivity index (χ3n) is 2.27. The van der Waals surface area contributed by atoms with Crippen molar-refractivity contribution >= 4 is 15.9 Å². The van der Waals surface area contributed by atoms with Gasteiger partial charge in [0.2, 0.25) is 0 Å². The molecule has 0 saturated heterocycles. The Hall–Kier alpha value is -0.340. The molecule has 2 heteroatoms. The van der Waals surface area contributed by atoms with Gasteiger partial charge in [-0.2, -0.15) is 0 Å². The summed E-state index contributed by atoms with van der Waals surface area (Å²) in [7, 11) is 1.99. The average molecular weight is 242 g/mol. The highest BCUT2D eigenvalue weighted by atomic mass is 79.9. The summed E-state index contributed by atoms with van der Waals surface area (Å²) in [6, 6.07) is 8.57. The van der Waals surface area contributed by atoms with Gasteiger partial charge in [0, 0.05) is 4.47 Å². The molecule has 0 bridgehead atoms. The molecule has 1 unspecified atom stereocenters.